The number of nitrogens with one attached hydrogen (secondary N) is 2. The molecule has 1 rings (SSSR count). The topological polar surface area (TPSA) is 54.2 Å². The quantitative estimate of drug-likeness (QED) is 0.301. The van der Waals surface area contributed by atoms with Crippen LogP contribution in [0.25, 0.3) is 0 Å². The summed E-state index contributed by atoms with van der Waals surface area (Å²) in [5.74, 6) is 0.415. The SMILES string of the molecule is CCNC(=NCCCn1cc(C)cn1)NCCC(F)(F)F.I. The standard InChI is InChI=1S/C13H22F3N5.HI/c1-3-17-12(19-7-5-13(14,15)16)18-6-4-8-21-10-11(2)9-20-21;/h9-10H,3-8H2,1-2H3,(H2,17,18,19);1H. The fourth-order valence-electron chi connectivity index (χ4n) is 1.68. The third-order valence-electron chi connectivity index (χ3n) is 2.62. The number of alkyl halides is 3. The zero-order valence-electron chi connectivity index (χ0n) is 12.8. The Hall–Kier alpha value is -1.00. The predicted molar refractivity (Wildman–Crippen MR) is 91.6 cm³/mol. The Morgan fingerprint density at radius 3 is 2.64 bits per heavy atom. The number of aryl methyl sites for hydroxylation is 2. The highest BCUT2D eigenvalue weighted by molar-refractivity contribution is 14.0. The molecule has 0 aliphatic carbocycles. The van der Waals surface area contributed by atoms with E-state index in [0.717, 1.165) is 18.5 Å². The number of hydrogen-bond acceptors (Lipinski definition) is 2. The minimum absolute atomic E-state index is 0. The summed E-state index contributed by atoms with van der Waals surface area (Å²) in [5.41, 5.74) is 1.10. The molecule has 22 heavy (non-hydrogen) atoms. The summed E-state index contributed by atoms with van der Waals surface area (Å²) in [5, 5.41) is 9.75. The van der Waals surface area contributed by atoms with Gasteiger partial charge in [0.05, 0.1) is 12.6 Å². The summed E-state index contributed by atoms with van der Waals surface area (Å²) in [6, 6.07) is 0. The van der Waals surface area contributed by atoms with Crippen molar-refractivity contribution in [1.82, 2.24) is 20.4 Å². The minimum atomic E-state index is -4.15. The van der Waals surface area contributed by atoms with Crippen molar-refractivity contribution >= 4 is 29.9 Å². The zero-order chi connectivity index (χ0) is 15.7. The molecule has 0 aliphatic rings. The van der Waals surface area contributed by atoms with Crippen LogP contribution in [0.1, 0.15) is 25.3 Å². The second-order valence-corrected chi connectivity index (χ2v) is 4.69. The van der Waals surface area contributed by atoms with E-state index in [1.165, 1.54) is 0 Å². The highest BCUT2D eigenvalue weighted by atomic mass is 127. The third-order valence-corrected chi connectivity index (χ3v) is 2.62. The van der Waals surface area contributed by atoms with Gasteiger partial charge in [-0.3, -0.25) is 9.67 Å². The Morgan fingerprint density at radius 1 is 1.36 bits per heavy atom. The average molecular weight is 433 g/mol. The molecular formula is C13H23F3IN5. The van der Waals surface area contributed by atoms with Crippen LogP contribution in [0.4, 0.5) is 13.2 Å². The summed E-state index contributed by atoms with van der Waals surface area (Å²) in [7, 11) is 0. The lowest BCUT2D eigenvalue weighted by Gasteiger charge is -2.12. The van der Waals surface area contributed by atoms with Crippen LogP contribution in [0.15, 0.2) is 17.4 Å². The van der Waals surface area contributed by atoms with Gasteiger partial charge in [-0.25, -0.2) is 0 Å². The Labute approximate surface area is 145 Å². The Balaban J connectivity index is 0.00000441. The molecule has 0 aliphatic heterocycles. The van der Waals surface area contributed by atoms with Gasteiger partial charge in [0.15, 0.2) is 5.96 Å². The van der Waals surface area contributed by atoms with Gasteiger partial charge in [-0.1, -0.05) is 0 Å². The van der Waals surface area contributed by atoms with Crippen LogP contribution in [0.3, 0.4) is 0 Å². The van der Waals surface area contributed by atoms with Crippen LogP contribution in [0.2, 0.25) is 0 Å². The molecule has 0 saturated carbocycles. The van der Waals surface area contributed by atoms with Crippen LogP contribution in [0.5, 0.6) is 0 Å². The molecule has 0 saturated heterocycles. The van der Waals surface area contributed by atoms with E-state index in [2.05, 4.69) is 20.7 Å². The number of guanidine groups is 1. The van der Waals surface area contributed by atoms with Gasteiger partial charge in [-0.2, -0.15) is 18.3 Å². The maximum Gasteiger partial charge on any atom is 0.390 e. The number of hydrogen-bond donors (Lipinski definition) is 2. The summed E-state index contributed by atoms with van der Waals surface area (Å²) in [6.45, 7) is 5.53. The van der Waals surface area contributed by atoms with Crippen molar-refractivity contribution in [3.63, 3.8) is 0 Å². The number of aromatic nitrogens is 2. The molecule has 1 aromatic heterocycles. The highest BCUT2D eigenvalue weighted by Crippen LogP contribution is 2.17. The van der Waals surface area contributed by atoms with Gasteiger partial charge in [0.2, 0.25) is 0 Å². The molecule has 9 heteroatoms. The van der Waals surface area contributed by atoms with Crippen molar-refractivity contribution in [2.75, 3.05) is 19.6 Å². The smallest absolute Gasteiger partial charge is 0.357 e. The molecule has 0 radical (unpaired) electrons. The van der Waals surface area contributed by atoms with E-state index in [1.54, 1.807) is 6.20 Å². The average Bonchev–Trinajstić information content (AvgIpc) is 2.79. The summed E-state index contributed by atoms with van der Waals surface area (Å²) >= 11 is 0. The molecule has 5 nitrogen and oxygen atoms in total. The molecule has 0 bridgehead atoms. The molecule has 0 spiro atoms. The van der Waals surface area contributed by atoms with Crippen LogP contribution in [-0.4, -0.2) is 41.6 Å². The lowest BCUT2D eigenvalue weighted by atomic mass is 10.4. The first kappa shape index (κ1) is 21.0. The van der Waals surface area contributed by atoms with Gasteiger partial charge >= 0.3 is 6.18 Å². The first-order valence-corrected chi connectivity index (χ1v) is 6.98. The van der Waals surface area contributed by atoms with Crippen LogP contribution in [-0.2, 0) is 6.54 Å². The molecule has 0 atom stereocenters. The van der Waals surface area contributed by atoms with E-state index in [0.29, 0.717) is 19.0 Å². The largest absolute Gasteiger partial charge is 0.390 e. The van der Waals surface area contributed by atoms with Crippen molar-refractivity contribution in [2.45, 2.75) is 39.4 Å². The van der Waals surface area contributed by atoms with Gasteiger partial charge in [0.25, 0.3) is 0 Å². The predicted octanol–water partition coefficient (Wildman–Crippen LogP) is 2.71. The highest BCUT2D eigenvalue weighted by Gasteiger charge is 2.26. The van der Waals surface area contributed by atoms with E-state index < -0.39 is 12.6 Å². The number of rotatable bonds is 7. The second-order valence-electron chi connectivity index (χ2n) is 4.69. The molecule has 0 aromatic carbocycles. The van der Waals surface area contributed by atoms with Crippen LogP contribution < -0.4 is 10.6 Å². The molecule has 2 N–H and O–H groups in total. The monoisotopic (exact) mass is 433 g/mol. The van der Waals surface area contributed by atoms with Crippen LogP contribution in [0, 0.1) is 6.92 Å². The summed E-state index contributed by atoms with van der Waals surface area (Å²) in [6.07, 6.45) is -0.522. The number of halogens is 4. The van der Waals surface area contributed by atoms with E-state index in [1.807, 2.05) is 24.7 Å². The molecule has 1 heterocycles. The lowest BCUT2D eigenvalue weighted by molar-refractivity contribution is -0.132. The molecule has 1 aromatic rings. The van der Waals surface area contributed by atoms with Crippen molar-refractivity contribution in [1.29, 1.82) is 0 Å². The number of aliphatic imine (C=N–C) groups is 1. The fraction of sp³-hybridized carbons (Fsp3) is 0.692. The summed E-state index contributed by atoms with van der Waals surface area (Å²) < 4.78 is 38.1. The maximum atomic E-state index is 12.1. The maximum absolute atomic E-state index is 12.1. The minimum Gasteiger partial charge on any atom is -0.357 e. The molecule has 0 amide bonds. The van der Waals surface area contributed by atoms with Gasteiger partial charge in [0.1, 0.15) is 0 Å². The molecule has 0 fully saturated rings. The van der Waals surface area contributed by atoms with Crippen molar-refractivity contribution in [3.8, 4) is 0 Å². The normalized spacial score (nSPS) is 12.0. The molecular weight excluding hydrogens is 410 g/mol. The molecule has 128 valence electrons. The van der Waals surface area contributed by atoms with Crippen molar-refractivity contribution in [2.24, 2.45) is 4.99 Å². The summed E-state index contributed by atoms with van der Waals surface area (Å²) in [4.78, 5) is 4.24. The van der Waals surface area contributed by atoms with Crippen LogP contribution >= 0.6 is 24.0 Å². The van der Waals surface area contributed by atoms with E-state index in [4.69, 9.17) is 0 Å². The zero-order valence-corrected chi connectivity index (χ0v) is 15.1. The van der Waals surface area contributed by atoms with Crippen molar-refractivity contribution < 1.29 is 13.2 Å². The lowest BCUT2D eigenvalue weighted by Crippen LogP contribution is -2.39. The van der Waals surface area contributed by atoms with Gasteiger partial charge in [0, 0.05) is 32.4 Å². The second kappa shape index (κ2) is 10.7. The van der Waals surface area contributed by atoms with Gasteiger partial charge in [-0.05, 0) is 25.8 Å². The third kappa shape index (κ3) is 9.85. The Bertz CT molecular complexity index is 445. The first-order chi connectivity index (χ1) is 9.90. The van der Waals surface area contributed by atoms with Gasteiger partial charge in [-0.15, -0.1) is 24.0 Å². The van der Waals surface area contributed by atoms with E-state index >= 15 is 0 Å². The first-order valence-electron chi connectivity index (χ1n) is 6.98. The van der Waals surface area contributed by atoms with E-state index in [9.17, 15) is 13.2 Å². The van der Waals surface area contributed by atoms with E-state index in [-0.39, 0.29) is 30.5 Å². The Morgan fingerprint density at radius 2 is 2.09 bits per heavy atom. The Kier molecular flexibility index (Phi) is 10.2. The molecule has 0 unspecified atom stereocenters. The number of nitrogens with zero attached hydrogens (tertiary/aromatic N) is 3. The fourth-order valence-corrected chi connectivity index (χ4v) is 1.68. The van der Waals surface area contributed by atoms with Gasteiger partial charge < -0.3 is 10.6 Å². The van der Waals surface area contributed by atoms with Crippen molar-refractivity contribution in [3.05, 3.63) is 18.0 Å².